The van der Waals surface area contributed by atoms with Crippen molar-refractivity contribution in [2.45, 2.75) is 19.4 Å². The molecule has 1 heterocycles. The quantitative estimate of drug-likeness (QED) is 0.722. The van der Waals surface area contributed by atoms with Gasteiger partial charge in [0, 0.05) is 12.2 Å². The molecule has 88 valence electrons. The van der Waals surface area contributed by atoms with Gasteiger partial charge in [-0.1, -0.05) is 12.1 Å². The van der Waals surface area contributed by atoms with Crippen LogP contribution >= 0.6 is 0 Å². The number of aliphatic hydroxyl groups is 1. The van der Waals surface area contributed by atoms with E-state index < -0.39 is 0 Å². The van der Waals surface area contributed by atoms with Crippen molar-refractivity contribution >= 4 is 5.69 Å². The van der Waals surface area contributed by atoms with E-state index in [-0.39, 0.29) is 6.61 Å². The maximum Gasteiger partial charge on any atom is 0.0681 e. The third kappa shape index (κ3) is 3.22. The van der Waals surface area contributed by atoms with E-state index in [9.17, 15) is 0 Å². The summed E-state index contributed by atoms with van der Waals surface area (Å²) in [7, 11) is 0. The smallest absolute Gasteiger partial charge is 0.0681 e. The number of nitrogens with one attached hydrogen (secondary N) is 2. The lowest BCUT2D eigenvalue weighted by Crippen LogP contribution is -2.31. The van der Waals surface area contributed by atoms with Gasteiger partial charge in [0.1, 0.15) is 0 Å². The minimum atomic E-state index is 0.120. The molecular formula is C13H20N2O. The summed E-state index contributed by atoms with van der Waals surface area (Å²) in [5.74, 6) is 0.791. The summed E-state index contributed by atoms with van der Waals surface area (Å²) in [4.78, 5) is 0. The molecule has 1 aromatic rings. The molecule has 16 heavy (non-hydrogen) atoms. The Hall–Kier alpha value is -1.06. The highest BCUT2D eigenvalue weighted by Crippen LogP contribution is 2.14. The number of piperidine rings is 1. The second-order valence-corrected chi connectivity index (χ2v) is 4.43. The Morgan fingerprint density at radius 2 is 1.88 bits per heavy atom. The first-order chi connectivity index (χ1) is 7.88. The first-order valence-corrected chi connectivity index (χ1v) is 6.03. The van der Waals surface area contributed by atoms with E-state index in [1.54, 1.807) is 0 Å². The predicted molar refractivity (Wildman–Crippen MR) is 66.4 cm³/mol. The molecule has 0 amide bonds. The minimum Gasteiger partial charge on any atom is -0.392 e. The molecule has 1 fully saturated rings. The van der Waals surface area contributed by atoms with Crippen LogP contribution in [0.25, 0.3) is 0 Å². The fraction of sp³-hybridized carbons (Fsp3) is 0.538. The second-order valence-electron chi connectivity index (χ2n) is 4.43. The normalized spacial score (nSPS) is 17.3. The fourth-order valence-corrected chi connectivity index (χ4v) is 2.08. The van der Waals surface area contributed by atoms with Crippen LogP contribution in [0.5, 0.6) is 0 Å². The third-order valence-electron chi connectivity index (χ3n) is 3.19. The van der Waals surface area contributed by atoms with Crippen LogP contribution in [-0.4, -0.2) is 24.7 Å². The minimum absolute atomic E-state index is 0.120. The van der Waals surface area contributed by atoms with Crippen LogP contribution in [0.2, 0.25) is 0 Å². The Morgan fingerprint density at radius 3 is 2.50 bits per heavy atom. The summed E-state index contributed by atoms with van der Waals surface area (Å²) in [5.41, 5.74) is 2.11. The van der Waals surface area contributed by atoms with Gasteiger partial charge in [0.15, 0.2) is 0 Å². The Morgan fingerprint density at radius 1 is 1.19 bits per heavy atom. The molecule has 3 nitrogen and oxygen atoms in total. The summed E-state index contributed by atoms with van der Waals surface area (Å²) in [5, 5.41) is 15.8. The maximum atomic E-state index is 8.93. The standard InChI is InChI=1S/C13H20N2O/c16-10-12-1-3-13(4-2-12)15-9-11-5-7-14-8-6-11/h1-4,11,14-16H,5-10H2. The largest absolute Gasteiger partial charge is 0.392 e. The maximum absolute atomic E-state index is 8.93. The van der Waals surface area contributed by atoms with Crippen molar-refractivity contribution in [3.8, 4) is 0 Å². The zero-order chi connectivity index (χ0) is 11.2. The lowest BCUT2D eigenvalue weighted by Gasteiger charge is -2.23. The van der Waals surface area contributed by atoms with Gasteiger partial charge in [-0.3, -0.25) is 0 Å². The molecule has 2 rings (SSSR count). The average molecular weight is 220 g/mol. The first kappa shape index (κ1) is 11.4. The lowest BCUT2D eigenvalue weighted by molar-refractivity contribution is 0.282. The molecule has 0 saturated carbocycles. The second kappa shape index (κ2) is 5.87. The van der Waals surface area contributed by atoms with Crippen molar-refractivity contribution in [1.29, 1.82) is 0 Å². The van der Waals surface area contributed by atoms with Gasteiger partial charge in [0.25, 0.3) is 0 Å². The lowest BCUT2D eigenvalue weighted by atomic mass is 9.98. The van der Waals surface area contributed by atoms with E-state index in [1.807, 2.05) is 24.3 Å². The van der Waals surface area contributed by atoms with Crippen molar-refractivity contribution < 1.29 is 5.11 Å². The highest BCUT2D eigenvalue weighted by atomic mass is 16.3. The fourth-order valence-electron chi connectivity index (χ4n) is 2.08. The number of hydrogen-bond acceptors (Lipinski definition) is 3. The average Bonchev–Trinajstić information content (AvgIpc) is 2.38. The van der Waals surface area contributed by atoms with E-state index in [4.69, 9.17) is 5.11 Å². The van der Waals surface area contributed by atoms with Crippen LogP contribution in [0.4, 0.5) is 5.69 Å². The Balaban J connectivity index is 1.79. The predicted octanol–water partition coefficient (Wildman–Crippen LogP) is 1.59. The summed E-state index contributed by atoms with van der Waals surface area (Å²) in [6.45, 7) is 3.47. The molecule has 3 N–H and O–H groups in total. The zero-order valence-corrected chi connectivity index (χ0v) is 9.58. The van der Waals surface area contributed by atoms with E-state index in [2.05, 4.69) is 10.6 Å². The van der Waals surface area contributed by atoms with Gasteiger partial charge in [0.05, 0.1) is 6.61 Å². The number of hydrogen-bond donors (Lipinski definition) is 3. The topological polar surface area (TPSA) is 44.3 Å². The molecule has 0 atom stereocenters. The summed E-state index contributed by atoms with van der Waals surface area (Å²) >= 11 is 0. The van der Waals surface area contributed by atoms with E-state index >= 15 is 0 Å². The van der Waals surface area contributed by atoms with Crippen molar-refractivity contribution in [3.63, 3.8) is 0 Å². The van der Waals surface area contributed by atoms with Gasteiger partial charge >= 0.3 is 0 Å². The van der Waals surface area contributed by atoms with Crippen molar-refractivity contribution in [2.75, 3.05) is 25.0 Å². The van der Waals surface area contributed by atoms with Gasteiger partial charge in [-0.25, -0.2) is 0 Å². The molecule has 0 spiro atoms. The third-order valence-corrected chi connectivity index (χ3v) is 3.19. The number of rotatable bonds is 4. The van der Waals surface area contributed by atoms with Gasteiger partial charge in [0.2, 0.25) is 0 Å². The molecule has 3 heteroatoms. The molecule has 0 radical (unpaired) electrons. The number of anilines is 1. The molecule has 0 aromatic heterocycles. The summed E-state index contributed by atoms with van der Waals surface area (Å²) in [6, 6.07) is 7.99. The first-order valence-electron chi connectivity index (χ1n) is 6.03. The van der Waals surface area contributed by atoms with E-state index in [0.29, 0.717) is 0 Å². The molecule has 1 aromatic carbocycles. The van der Waals surface area contributed by atoms with Crippen molar-refractivity contribution in [3.05, 3.63) is 29.8 Å². The van der Waals surface area contributed by atoms with E-state index in [1.165, 1.54) is 12.8 Å². The highest BCUT2D eigenvalue weighted by Gasteiger charge is 2.11. The number of aliphatic hydroxyl groups excluding tert-OH is 1. The zero-order valence-electron chi connectivity index (χ0n) is 9.58. The summed E-state index contributed by atoms with van der Waals surface area (Å²) in [6.07, 6.45) is 2.53. The summed E-state index contributed by atoms with van der Waals surface area (Å²) < 4.78 is 0. The van der Waals surface area contributed by atoms with E-state index in [0.717, 1.165) is 36.8 Å². The van der Waals surface area contributed by atoms with Crippen LogP contribution in [0.1, 0.15) is 18.4 Å². The molecule has 1 saturated heterocycles. The van der Waals surface area contributed by atoms with Crippen LogP contribution in [0.3, 0.4) is 0 Å². The van der Waals surface area contributed by atoms with Crippen LogP contribution in [0, 0.1) is 5.92 Å². The molecule has 0 aliphatic carbocycles. The number of benzene rings is 1. The Labute approximate surface area is 96.9 Å². The highest BCUT2D eigenvalue weighted by molar-refractivity contribution is 5.44. The molecule has 0 unspecified atom stereocenters. The Kier molecular flexibility index (Phi) is 4.19. The van der Waals surface area contributed by atoms with Crippen LogP contribution in [0.15, 0.2) is 24.3 Å². The monoisotopic (exact) mass is 220 g/mol. The van der Waals surface area contributed by atoms with Crippen molar-refractivity contribution in [1.82, 2.24) is 5.32 Å². The molecule has 0 bridgehead atoms. The molecular weight excluding hydrogens is 200 g/mol. The van der Waals surface area contributed by atoms with Gasteiger partial charge in [-0.15, -0.1) is 0 Å². The van der Waals surface area contributed by atoms with Crippen LogP contribution < -0.4 is 10.6 Å². The Bertz CT molecular complexity index is 304. The van der Waals surface area contributed by atoms with Gasteiger partial charge < -0.3 is 15.7 Å². The van der Waals surface area contributed by atoms with Crippen LogP contribution in [-0.2, 0) is 6.61 Å². The SMILES string of the molecule is OCc1ccc(NCC2CCNCC2)cc1. The van der Waals surface area contributed by atoms with Gasteiger partial charge in [-0.05, 0) is 49.5 Å². The van der Waals surface area contributed by atoms with Crippen molar-refractivity contribution in [2.24, 2.45) is 5.92 Å². The van der Waals surface area contributed by atoms with Gasteiger partial charge in [-0.2, -0.15) is 0 Å². The molecule has 1 aliphatic heterocycles. The molecule has 1 aliphatic rings.